The van der Waals surface area contributed by atoms with Crippen LogP contribution in [0.3, 0.4) is 0 Å². The molecule has 2 atom stereocenters. The van der Waals surface area contributed by atoms with Crippen LogP contribution in [0.1, 0.15) is 35.2 Å². The topological polar surface area (TPSA) is 97.2 Å². The van der Waals surface area contributed by atoms with Crippen LogP contribution in [-0.4, -0.2) is 47.7 Å². The first-order valence-corrected chi connectivity index (χ1v) is 13.1. The van der Waals surface area contributed by atoms with Gasteiger partial charge in [-0.1, -0.05) is 17.7 Å². The maximum Gasteiger partial charge on any atom is 0.255 e. The summed E-state index contributed by atoms with van der Waals surface area (Å²) in [5.41, 5.74) is 1.86. The number of aromatic nitrogens is 3. The summed E-state index contributed by atoms with van der Waals surface area (Å²) in [5, 5.41) is 11.1. The first kappa shape index (κ1) is 23.6. The molecule has 35 heavy (non-hydrogen) atoms. The van der Waals surface area contributed by atoms with Crippen molar-refractivity contribution in [1.82, 2.24) is 19.3 Å². The molecule has 2 aliphatic carbocycles. The number of fused-ring (bicyclic) bond motifs is 1. The molecule has 10 heteroatoms. The highest BCUT2D eigenvalue weighted by Crippen LogP contribution is 2.58. The van der Waals surface area contributed by atoms with E-state index in [2.05, 4.69) is 15.6 Å². The van der Waals surface area contributed by atoms with Crippen LogP contribution >= 0.6 is 0 Å². The highest BCUT2D eigenvalue weighted by Gasteiger charge is 2.52. The molecule has 1 amide bonds. The fraction of sp³-hybridized carbons (Fsp3) is 0.400. The Bertz CT molecular complexity index is 1390. The number of rotatable bonds is 7. The molecule has 2 fully saturated rings. The summed E-state index contributed by atoms with van der Waals surface area (Å²) in [6, 6.07) is 8.66. The van der Waals surface area contributed by atoms with Crippen LogP contribution in [0.15, 0.2) is 47.5 Å². The Hall–Kier alpha value is -3.11. The number of sulfonamides is 1. The predicted octanol–water partition coefficient (Wildman–Crippen LogP) is 3.94. The number of hydrogen-bond acceptors (Lipinski definition) is 5. The van der Waals surface area contributed by atoms with Crippen molar-refractivity contribution in [2.24, 2.45) is 17.8 Å². The minimum atomic E-state index is -3.69. The van der Waals surface area contributed by atoms with Crippen LogP contribution in [0, 0.1) is 30.5 Å². The van der Waals surface area contributed by atoms with Crippen molar-refractivity contribution in [3.05, 3.63) is 59.5 Å². The normalized spacial score (nSPS) is 21.2. The lowest BCUT2D eigenvalue weighted by Crippen LogP contribution is -2.23. The number of benzene rings is 2. The predicted molar refractivity (Wildman–Crippen MR) is 130 cm³/mol. The van der Waals surface area contributed by atoms with E-state index in [1.54, 1.807) is 23.9 Å². The van der Waals surface area contributed by atoms with Crippen LogP contribution in [-0.2, 0) is 16.6 Å². The molecule has 3 aromatic rings. The van der Waals surface area contributed by atoms with E-state index in [1.165, 1.54) is 63.7 Å². The molecule has 0 spiro atoms. The van der Waals surface area contributed by atoms with Crippen molar-refractivity contribution in [2.75, 3.05) is 19.4 Å². The molecule has 0 saturated heterocycles. The summed E-state index contributed by atoms with van der Waals surface area (Å²) in [5.74, 6) is 1.29. The molecule has 5 rings (SSSR count). The van der Waals surface area contributed by atoms with Crippen LogP contribution in [0.5, 0.6) is 0 Å². The Labute approximate surface area is 204 Å². The van der Waals surface area contributed by atoms with Gasteiger partial charge in [0.1, 0.15) is 11.5 Å². The number of nitrogens with one attached hydrogen (secondary N) is 1. The van der Waals surface area contributed by atoms with E-state index in [4.69, 9.17) is 0 Å². The molecule has 1 heterocycles. The summed E-state index contributed by atoms with van der Waals surface area (Å²) >= 11 is 0. The SMILES string of the molecule is Cc1ccc(S(=O)(=O)N(C)C)cc1C(=O)Nc1ccc(F)c(-c2cn(CC3C4CCCC43)nn2)c1. The van der Waals surface area contributed by atoms with Gasteiger partial charge in [0, 0.05) is 37.5 Å². The lowest BCUT2D eigenvalue weighted by Gasteiger charge is -2.14. The largest absolute Gasteiger partial charge is 0.322 e. The molecule has 8 nitrogen and oxygen atoms in total. The molecule has 2 aromatic carbocycles. The Morgan fingerprint density at radius 3 is 2.63 bits per heavy atom. The second-order valence-corrected chi connectivity index (χ2v) is 11.8. The van der Waals surface area contributed by atoms with Gasteiger partial charge >= 0.3 is 0 Å². The van der Waals surface area contributed by atoms with Gasteiger partial charge in [0.2, 0.25) is 10.0 Å². The van der Waals surface area contributed by atoms with E-state index in [1.807, 2.05) is 0 Å². The molecule has 184 valence electrons. The molecule has 2 aliphatic rings. The zero-order valence-electron chi connectivity index (χ0n) is 19.9. The quantitative estimate of drug-likeness (QED) is 0.533. The van der Waals surface area contributed by atoms with Gasteiger partial charge in [-0.3, -0.25) is 9.48 Å². The summed E-state index contributed by atoms with van der Waals surface area (Å²) in [7, 11) is -0.828. The summed E-state index contributed by atoms with van der Waals surface area (Å²) in [4.78, 5) is 13.0. The van der Waals surface area contributed by atoms with Gasteiger partial charge in [0.05, 0.1) is 11.1 Å². The number of aryl methyl sites for hydroxylation is 1. The minimum Gasteiger partial charge on any atom is -0.322 e. The van der Waals surface area contributed by atoms with Crippen LogP contribution in [0.4, 0.5) is 10.1 Å². The summed E-state index contributed by atoms with van der Waals surface area (Å²) < 4.78 is 42.5. The standard InChI is InChI=1S/C25H28FN5O3S/c1-15-7-9-17(35(33,34)30(2)3)12-20(15)25(32)27-16-8-10-23(26)21(11-16)24-14-31(29-28-24)13-22-18-5-4-6-19(18)22/h7-12,14,18-19,22H,4-6,13H2,1-3H3,(H,27,32). The third-order valence-electron chi connectivity index (χ3n) is 7.25. The number of carbonyl (C=O) groups excluding carboxylic acids is 1. The van der Waals surface area contributed by atoms with Crippen molar-refractivity contribution in [3.8, 4) is 11.3 Å². The van der Waals surface area contributed by atoms with Crippen molar-refractivity contribution < 1.29 is 17.6 Å². The molecule has 0 radical (unpaired) electrons. The molecule has 1 aromatic heterocycles. The van der Waals surface area contributed by atoms with Crippen LogP contribution in [0.25, 0.3) is 11.3 Å². The highest BCUT2D eigenvalue weighted by molar-refractivity contribution is 7.89. The molecular formula is C25H28FN5O3S. The van der Waals surface area contributed by atoms with Crippen LogP contribution in [0.2, 0.25) is 0 Å². The number of anilines is 1. The summed E-state index contributed by atoms with van der Waals surface area (Å²) in [6.07, 6.45) is 5.64. The van der Waals surface area contributed by atoms with Gasteiger partial charge in [-0.2, -0.15) is 0 Å². The van der Waals surface area contributed by atoms with E-state index in [0.29, 0.717) is 22.9 Å². The van der Waals surface area contributed by atoms with Gasteiger partial charge in [-0.15, -0.1) is 5.10 Å². The molecule has 2 saturated carbocycles. The number of hydrogen-bond donors (Lipinski definition) is 1. The maximum atomic E-state index is 14.7. The third kappa shape index (κ3) is 4.48. The number of nitrogens with zero attached hydrogens (tertiary/aromatic N) is 4. The third-order valence-corrected chi connectivity index (χ3v) is 9.06. The van der Waals surface area contributed by atoms with Gasteiger partial charge in [0.15, 0.2) is 0 Å². The van der Waals surface area contributed by atoms with Crippen molar-refractivity contribution in [2.45, 2.75) is 37.6 Å². The van der Waals surface area contributed by atoms with E-state index in [-0.39, 0.29) is 16.0 Å². The number of amides is 1. The Balaban J connectivity index is 1.35. The zero-order valence-corrected chi connectivity index (χ0v) is 20.7. The van der Waals surface area contributed by atoms with E-state index < -0.39 is 21.7 Å². The second-order valence-electron chi connectivity index (χ2n) is 9.66. The van der Waals surface area contributed by atoms with Gasteiger partial charge in [-0.05, 0) is 73.4 Å². The second kappa shape index (κ2) is 8.83. The molecule has 0 aliphatic heterocycles. The number of halogens is 1. The van der Waals surface area contributed by atoms with E-state index in [0.717, 1.165) is 22.7 Å². The van der Waals surface area contributed by atoms with Crippen LogP contribution < -0.4 is 5.32 Å². The highest BCUT2D eigenvalue weighted by atomic mass is 32.2. The lowest BCUT2D eigenvalue weighted by molar-refractivity contribution is 0.102. The van der Waals surface area contributed by atoms with Gasteiger partial charge in [0.25, 0.3) is 5.91 Å². The fourth-order valence-electron chi connectivity index (χ4n) is 5.18. The van der Waals surface area contributed by atoms with Crippen molar-refractivity contribution in [3.63, 3.8) is 0 Å². The molecular weight excluding hydrogens is 469 g/mol. The Kier molecular flexibility index (Phi) is 5.96. The first-order valence-electron chi connectivity index (χ1n) is 11.7. The van der Waals surface area contributed by atoms with Gasteiger partial charge < -0.3 is 5.32 Å². The Morgan fingerprint density at radius 2 is 1.91 bits per heavy atom. The monoisotopic (exact) mass is 497 g/mol. The molecule has 0 bridgehead atoms. The fourth-order valence-corrected chi connectivity index (χ4v) is 6.11. The van der Waals surface area contributed by atoms with Gasteiger partial charge in [-0.25, -0.2) is 17.1 Å². The zero-order chi connectivity index (χ0) is 24.9. The molecule has 1 N–H and O–H groups in total. The van der Waals surface area contributed by atoms with Crippen molar-refractivity contribution in [1.29, 1.82) is 0 Å². The minimum absolute atomic E-state index is 0.0226. The van der Waals surface area contributed by atoms with E-state index >= 15 is 0 Å². The summed E-state index contributed by atoms with van der Waals surface area (Å²) in [6.45, 7) is 2.52. The average Bonchev–Trinajstić information content (AvgIpc) is 3.16. The van der Waals surface area contributed by atoms with E-state index in [9.17, 15) is 17.6 Å². The first-order chi connectivity index (χ1) is 16.6. The lowest BCUT2D eigenvalue weighted by atomic mass is 10.1. The molecule has 2 unspecified atom stereocenters. The number of carbonyl (C=O) groups is 1. The maximum absolute atomic E-state index is 14.7. The average molecular weight is 498 g/mol. The smallest absolute Gasteiger partial charge is 0.255 e. The Morgan fingerprint density at radius 1 is 1.17 bits per heavy atom. The van der Waals surface area contributed by atoms with Crippen molar-refractivity contribution >= 4 is 21.6 Å².